The molecule has 2 fully saturated rings. The summed E-state index contributed by atoms with van der Waals surface area (Å²) in [6.07, 6.45) is 3.54. The van der Waals surface area contributed by atoms with Crippen molar-refractivity contribution in [1.82, 2.24) is 19.9 Å². The number of piperazine rings is 1. The molecule has 7 nitrogen and oxygen atoms in total. The van der Waals surface area contributed by atoms with Gasteiger partial charge in [0.2, 0.25) is 11.8 Å². The van der Waals surface area contributed by atoms with E-state index < -0.39 is 0 Å². The second kappa shape index (κ2) is 6.75. The molecule has 1 saturated heterocycles. The van der Waals surface area contributed by atoms with E-state index in [9.17, 15) is 4.79 Å². The lowest BCUT2D eigenvalue weighted by atomic mass is 10.1. The Morgan fingerprint density at radius 3 is 2.68 bits per heavy atom. The number of amides is 1. The Bertz CT molecular complexity index is 510. The van der Waals surface area contributed by atoms with Gasteiger partial charge < -0.3 is 15.2 Å². The van der Waals surface area contributed by atoms with Crippen molar-refractivity contribution in [3.8, 4) is 0 Å². The zero-order valence-electron chi connectivity index (χ0n) is 13.2. The lowest BCUT2D eigenvalue weighted by molar-refractivity contribution is -0.137. The number of hydrogen-bond donors (Lipinski definition) is 1. The van der Waals surface area contributed by atoms with Crippen LogP contribution in [0.25, 0.3) is 0 Å². The Balaban J connectivity index is 1.46. The van der Waals surface area contributed by atoms with Crippen molar-refractivity contribution in [2.45, 2.75) is 45.2 Å². The number of aromatic nitrogens is 2. The summed E-state index contributed by atoms with van der Waals surface area (Å²) >= 11 is 0. The summed E-state index contributed by atoms with van der Waals surface area (Å²) in [6, 6.07) is 0.209. The molecular formula is C15H25N5O2. The molecule has 0 aromatic carbocycles. The van der Waals surface area contributed by atoms with E-state index >= 15 is 0 Å². The van der Waals surface area contributed by atoms with Crippen molar-refractivity contribution in [2.24, 2.45) is 11.7 Å². The standard InChI is InChI=1S/C15H25N5O2/c1-2-14-17-13(18-22-14)10-19-5-7-20(8-6-19)15(21)11-3-4-12(16)9-11/h11-12H,2-10,16H2,1H3. The van der Waals surface area contributed by atoms with Crippen molar-refractivity contribution in [1.29, 1.82) is 0 Å². The highest BCUT2D eigenvalue weighted by Crippen LogP contribution is 2.26. The summed E-state index contributed by atoms with van der Waals surface area (Å²) in [5, 5.41) is 3.98. The van der Waals surface area contributed by atoms with E-state index in [1.807, 2.05) is 11.8 Å². The van der Waals surface area contributed by atoms with Crippen LogP contribution in [0, 0.1) is 5.92 Å². The molecule has 0 spiro atoms. The molecule has 2 aliphatic rings. The molecule has 122 valence electrons. The molecule has 1 aromatic rings. The lowest BCUT2D eigenvalue weighted by Gasteiger charge is -2.35. The molecule has 1 amide bonds. The Labute approximate surface area is 130 Å². The first-order valence-electron chi connectivity index (χ1n) is 8.24. The highest BCUT2D eigenvalue weighted by molar-refractivity contribution is 5.79. The first kappa shape index (κ1) is 15.4. The molecule has 1 aliphatic carbocycles. The molecule has 0 radical (unpaired) electrons. The molecule has 2 N–H and O–H groups in total. The first-order chi connectivity index (χ1) is 10.7. The Morgan fingerprint density at radius 2 is 2.09 bits per heavy atom. The van der Waals surface area contributed by atoms with Gasteiger partial charge in [-0.25, -0.2) is 0 Å². The predicted octanol–water partition coefficient (Wildman–Crippen LogP) is 0.404. The third-order valence-corrected chi connectivity index (χ3v) is 4.68. The number of carbonyl (C=O) groups excluding carboxylic acids is 1. The third kappa shape index (κ3) is 3.47. The van der Waals surface area contributed by atoms with Crippen LogP contribution in [-0.2, 0) is 17.8 Å². The fourth-order valence-electron chi connectivity index (χ4n) is 3.32. The highest BCUT2D eigenvalue weighted by Gasteiger charge is 2.32. The first-order valence-corrected chi connectivity index (χ1v) is 8.24. The van der Waals surface area contributed by atoms with Crippen LogP contribution in [0.2, 0.25) is 0 Å². The number of nitrogens with zero attached hydrogens (tertiary/aromatic N) is 4. The molecule has 7 heteroatoms. The summed E-state index contributed by atoms with van der Waals surface area (Å²) in [7, 11) is 0. The normalized spacial score (nSPS) is 26.5. The topological polar surface area (TPSA) is 88.5 Å². The minimum atomic E-state index is 0.144. The smallest absolute Gasteiger partial charge is 0.226 e. The quantitative estimate of drug-likeness (QED) is 0.866. The fraction of sp³-hybridized carbons (Fsp3) is 0.800. The van der Waals surface area contributed by atoms with Crippen LogP contribution >= 0.6 is 0 Å². The second-order valence-corrected chi connectivity index (χ2v) is 6.33. The maximum atomic E-state index is 12.5. The van der Waals surface area contributed by atoms with Gasteiger partial charge in [-0.15, -0.1) is 0 Å². The molecule has 3 rings (SSSR count). The maximum absolute atomic E-state index is 12.5. The molecule has 2 atom stereocenters. The monoisotopic (exact) mass is 307 g/mol. The van der Waals surface area contributed by atoms with E-state index in [-0.39, 0.29) is 12.0 Å². The average molecular weight is 307 g/mol. The zero-order chi connectivity index (χ0) is 15.5. The van der Waals surface area contributed by atoms with Crippen molar-refractivity contribution in [3.05, 3.63) is 11.7 Å². The van der Waals surface area contributed by atoms with Gasteiger partial charge in [-0.2, -0.15) is 4.98 Å². The largest absolute Gasteiger partial charge is 0.340 e. The van der Waals surface area contributed by atoms with Gasteiger partial charge in [0.15, 0.2) is 5.82 Å². The van der Waals surface area contributed by atoms with Crippen LogP contribution in [0.5, 0.6) is 0 Å². The minimum Gasteiger partial charge on any atom is -0.340 e. The van der Waals surface area contributed by atoms with Crippen LogP contribution in [-0.4, -0.2) is 58.1 Å². The lowest BCUT2D eigenvalue weighted by Crippen LogP contribution is -2.49. The predicted molar refractivity (Wildman–Crippen MR) is 80.8 cm³/mol. The molecule has 22 heavy (non-hydrogen) atoms. The third-order valence-electron chi connectivity index (χ3n) is 4.68. The number of aryl methyl sites for hydroxylation is 1. The van der Waals surface area contributed by atoms with Crippen LogP contribution in [0.1, 0.15) is 37.9 Å². The van der Waals surface area contributed by atoms with E-state index in [0.717, 1.165) is 57.7 Å². The molecule has 0 bridgehead atoms. The van der Waals surface area contributed by atoms with Gasteiger partial charge in [0.1, 0.15) is 0 Å². The number of rotatable bonds is 4. The Hall–Kier alpha value is -1.47. The summed E-state index contributed by atoms with van der Waals surface area (Å²) in [6.45, 7) is 5.98. The summed E-state index contributed by atoms with van der Waals surface area (Å²) in [5.74, 6) is 1.85. The molecule has 1 aliphatic heterocycles. The van der Waals surface area contributed by atoms with Crippen LogP contribution in [0.4, 0.5) is 0 Å². The highest BCUT2D eigenvalue weighted by atomic mass is 16.5. The van der Waals surface area contributed by atoms with Crippen molar-refractivity contribution >= 4 is 5.91 Å². The van der Waals surface area contributed by atoms with Gasteiger partial charge in [-0.05, 0) is 19.3 Å². The van der Waals surface area contributed by atoms with Gasteiger partial charge >= 0.3 is 0 Å². The number of hydrogen-bond acceptors (Lipinski definition) is 6. The molecular weight excluding hydrogens is 282 g/mol. The van der Waals surface area contributed by atoms with E-state index in [4.69, 9.17) is 10.3 Å². The van der Waals surface area contributed by atoms with Gasteiger partial charge in [0.25, 0.3) is 0 Å². The van der Waals surface area contributed by atoms with Crippen molar-refractivity contribution < 1.29 is 9.32 Å². The van der Waals surface area contributed by atoms with E-state index in [1.54, 1.807) is 0 Å². The van der Waals surface area contributed by atoms with Gasteiger partial charge in [0, 0.05) is 44.6 Å². The van der Waals surface area contributed by atoms with E-state index in [0.29, 0.717) is 18.3 Å². The van der Waals surface area contributed by atoms with E-state index in [1.165, 1.54) is 0 Å². The second-order valence-electron chi connectivity index (χ2n) is 6.33. The summed E-state index contributed by atoms with van der Waals surface area (Å²) in [5.41, 5.74) is 5.91. The average Bonchev–Trinajstić information content (AvgIpc) is 3.16. The molecule has 2 unspecified atom stereocenters. The Kier molecular flexibility index (Phi) is 4.73. The minimum absolute atomic E-state index is 0.144. The van der Waals surface area contributed by atoms with Crippen LogP contribution in [0.15, 0.2) is 4.52 Å². The van der Waals surface area contributed by atoms with Crippen LogP contribution in [0.3, 0.4) is 0 Å². The number of carbonyl (C=O) groups is 1. The van der Waals surface area contributed by atoms with Gasteiger partial charge in [-0.3, -0.25) is 9.69 Å². The fourth-order valence-corrected chi connectivity index (χ4v) is 3.32. The number of nitrogens with two attached hydrogens (primary N) is 1. The maximum Gasteiger partial charge on any atom is 0.226 e. The zero-order valence-corrected chi connectivity index (χ0v) is 13.2. The molecule has 2 heterocycles. The SMILES string of the molecule is CCc1nc(CN2CCN(C(=O)C3CCC(N)C3)CC2)no1. The van der Waals surface area contributed by atoms with Gasteiger partial charge in [-0.1, -0.05) is 12.1 Å². The van der Waals surface area contributed by atoms with E-state index in [2.05, 4.69) is 15.0 Å². The van der Waals surface area contributed by atoms with Crippen molar-refractivity contribution in [2.75, 3.05) is 26.2 Å². The molecule has 1 aromatic heterocycles. The van der Waals surface area contributed by atoms with Gasteiger partial charge in [0.05, 0.1) is 6.54 Å². The van der Waals surface area contributed by atoms with Crippen molar-refractivity contribution in [3.63, 3.8) is 0 Å². The molecule has 1 saturated carbocycles. The summed E-state index contributed by atoms with van der Waals surface area (Å²) in [4.78, 5) is 21.1. The Morgan fingerprint density at radius 1 is 1.32 bits per heavy atom. The van der Waals surface area contributed by atoms with Crippen LogP contribution < -0.4 is 5.73 Å². The summed E-state index contributed by atoms with van der Waals surface area (Å²) < 4.78 is 5.13.